The van der Waals surface area contributed by atoms with Crippen LogP contribution in [-0.2, 0) is 4.79 Å². The molecule has 2 amide bonds. The molecule has 2 aromatic rings. The molecule has 0 unspecified atom stereocenters. The minimum Gasteiger partial charge on any atom is -0.490 e. The van der Waals surface area contributed by atoms with E-state index in [1.54, 1.807) is 13.0 Å². The van der Waals surface area contributed by atoms with E-state index in [1.807, 2.05) is 0 Å². The number of nitro benzene ring substituents is 1. The number of benzene rings is 2. The summed E-state index contributed by atoms with van der Waals surface area (Å²) in [4.78, 5) is 34.2. The molecule has 2 N–H and O–H groups in total. The Morgan fingerprint density at radius 1 is 1.23 bits per heavy atom. The molecule has 0 aliphatic carbocycles. The lowest BCUT2D eigenvalue weighted by Crippen LogP contribution is -2.33. The molecule has 2 rings (SSSR count). The largest absolute Gasteiger partial charge is 0.490 e. The number of carbonyl (C=O) groups excluding carboxylic acids is 2. The van der Waals surface area contributed by atoms with Gasteiger partial charge in [0, 0.05) is 11.6 Å². The van der Waals surface area contributed by atoms with E-state index in [2.05, 4.69) is 10.6 Å². The van der Waals surface area contributed by atoms with Gasteiger partial charge in [0.2, 0.25) is 5.91 Å². The Hall–Kier alpha value is -3.49. The minimum absolute atomic E-state index is 0.00469. The molecule has 0 heterocycles. The standard InChI is InChI=1S/C17H16FN3O5/c1-10-3-5-13(12(18)7-10)20-16(22)9-19-17(23)11-4-6-15(26-2)14(8-11)21(24)25/h3-8H,9H2,1-2H3,(H,19,23)(H,20,22). The van der Waals surface area contributed by atoms with Gasteiger partial charge in [-0.25, -0.2) is 4.39 Å². The second-order valence-corrected chi connectivity index (χ2v) is 5.36. The van der Waals surface area contributed by atoms with E-state index >= 15 is 0 Å². The average molecular weight is 361 g/mol. The van der Waals surface area contributed by atoms with Gasteiger partial charge >= 0.3 is 5.69 Å². The van der Waals surface area contributed by atoms with E-state index in [9.17, 15) is 24.1 Å². The lowest BCUT2D eigenvalue weighted by molar-refractivity contribution is -0.385. The van der Waals surface area contributed by atoms with Crippen LogP contribution in [0.15, 0.2) is 36.4 Å². The van der Waals surface area contributed by atoms with E-state index < -0.39 is 29.1 Å². The number of hydrogen-bond donors (Lipinski definition) is 2. The van der Waals surface area contributed by atoms with Gasteiger partial charge in [-0.05, 0) is 36.8 Å². The molecule has 0 aromatic heterocycles. The zero-order chi connectivity index (χ0) is 19.3. The van der Waals surface area contributed by atoms with E-state index in [4.69, 9.17) is 4.74 Å². The average Bonchev–Trinajstić information content (AvgIpc) is 2.61. The molecule has 0 radical (unpaired) electrons. The highest BCUT2D eigenvalue weighted by Crippen LogP contribution is 2.27. The maximum absolute atomic E-state index is 13.7. The van der Waals surface area contributed by atoms with E-state index in [1.165, 1.54) is 31.4 Å². The SMILES string of the molecule is COc1ccc(C(=O)NCC(=O)Nc2ccc(C)cc2F)cc1[N+](=O)[O-]. The molecule has 2 aromatic carbocycles. The van der Waals surface area contributed by atoms with Gasteiger partial charge in [-0.1, -0.05) is 6.07 Å². The molecule has 0 aliphatic rings. The quantitative estimate of drug-likeness (QED) is 0.606. The number of ether oxygens (including phenoxy) is 1. The summed E-state index contributed by atoms with van der Waals surface area (Å²) in [6.45, 7) is 1.29. The fourth-order valence-corrected chi connectivity index (χ4v) is 2.15. The zero-order valence-corrected chi connectivity index (χ0v) is 14.0. The normalized spacial score (nSPS) is 10.1. The van der Waals surface area contributed by atoms with Crippen molar-refractivity contribution < 1.29 is 23.6 Å². The molecule has 0 spiro atoms. The predicted molar refractivity (Wildman–Crippen MR) is 91.7 cm³/mol. The third kappa shape index (κ3) is 4.53. The summed E-state index contributed by atoms with van der Waals surface area (Å²) in [5.74, 6) is -1.89. The first-order valence-corrected chi connectivity index (χ1v) is 7.48. The number of nitrogens with zero attached hydrogens (tertiary/aromatic N) is 1. The van der Waals surface area contributed by atoms with Gasteiger partial charge in [-0.3, -0.25) is 19.7 Å². The molecule has 8 nitrogen and oxygen atoms in total. The molecule has 0 aliphatic heterocycles. The van der Waals surface area contributed by atoms with Crippen LogP contribution in [0.2, 0.25) is 0 Å². The van der Waals surface area contributed by atoms with Crippen LogP contribution in [-0.4, -0.2) is 30.4 Å². The van der Waals surface area contributed by atoms with Crippen LogP contribution in [0.3, 0.4) is 0 Å². The Labute approximate surface area is 148 Å². The van der Waals surface area contributed by atoms with Crippen molar-refractivity contribution >= 4 is 23.2 Å². The monoisotopic (exact) mass is 361 g/mol. The van der Waals surface area contributed by atoms with Crippen molar-refractivity contribution in [1.82, 2.24) is 5.32 Å². The Bertz CT molecular complexity index is 869. The van der Waals surface area contributed by atoms with Crippen LogP contribution >= 0.6 is 0 Å². The number of halogens is 1. The highest BCUT2D eigenvalue weighted by atomic mass is 19.1. The lowest BCUT2D eigenvalue weighted by atomic mass is 10.1. The van der Waals surface area contributed by atoms with Crippen molar-refractivity contribution in [1.29, 1.82) is 0 Å². The minimum atomic E-state index is -0.685. The molecular formula is C17H16FN3O5. The van der Waals surface area contributed by atoms with Crippen molar-refractivity contribution in [3.05, 3.63) is 63.5 Å². The highest BCUT2D eigenvalue weighted by molar-refractivity contribution is 5.99. The van der Waals surface area contributed by atoms with Crippen LogP contribution in [0.25, 0.3) is 0 Å². The molecule has 9 heteroatoms. The van der Waals surface area contributed by atoms with Crippen molar-refractivity contribution in [2.45, 2.75) is 6.92 Å². The van der Waals surface area contributed by atoms with Gasteiger partial charge in [0.05, 0.1) is 24.3 Å². The number of carbonyl (C=O) groups is 2. The topological polar surface area (TPSA) is 111 Å². The van der Waals surface area contributed by atoms with Gasteiger partial charge in [-0.2, -0.15) is 0 Å². The highest BCUT2D eigenvalue weighted by Gasteiger charge is 2.18. The maximum Gasteiger partial charge on any atom is 0.311 e. The molecule has 0 bridgehead atoms. The van der Waals surface area contributed by atoms with Crippen LogP contribution in [0.1, 0.15) is 15.9 Å². The molecule has 0 fully saturated rings. The third-order valence-electron chi connectivity index (χ3n) is 3.45. The number of aryl methyl sites for hydroxylation is 1. The van der Waals surface area contributed by atoms with Gasteiger partial charge in [0.25, 0.3) is 5.91 Å². The smallest absolute Gasteiger partial charge is 0.311 e. The van der Waals surface area contributed by atoms with Gasteiger partial charge in [-0.15, -0.1) is 0 Å². The number of methoxy groups -OCH3 is 1. The molecule has 0 saturated carbocycles. The number of nitro groups is 1. The predicted octanol–water partition coefficient (Wildman–Crippen LogP) is 2.42. The Morgan fingerprint density at radius 2 is 1.96 bits per heavy atom. The summed E-state index contributed by atoms with van der Waals surface area (Å²) in [6.07, 6.45) is 0. The second-order valence-electron chi connectivity index (χ2n) is 5.36. The van der Waals surface area contributed by atoms with Crippen molar-refractivity contribution in [2.24, 2.45) is 0 Å². The summed E-state index contributed by atoms with van der Waals surface area (Å²) < 4.78 is 18.5. The van der Waals surface area contributed by atoms with E-state index in [0.717, 1.165) is 6.07 Å². The zero-order valence-electron chi connectivity index (χ0n) is 14.0. The Balaban J connectivity index is 2.00. The fraction of sp³-hybridized carbons (Fsp3) is 0.176. The van der Waals surface area contributed by atoms with Gasteiger partial charge < -0.3 is 15.4 Å². The lowest BCUT2D eigenvalue weighted by Gasteiger charge is -2.09. The van der Waals surface area contributed by atoms with Crippen LogP contribution < -0.4 is 15.4 Å². The second kappa shape index (κ2) is 8.06. The van der Waals surface area contributed by atoms with Crippen molar-refractivity contribution in [3.8, 4) is 5.75 Å². The Kier molecular flexibility index (Phi) is 5.84. The number of amides is 2. The van der Waals surface area contributed by atoms with Crippen LogP contribution in [0, 0.1) is 22.9 Å². The van der Waals surface area contributed by atoms with Gasteiger partial charge in [0.1, 0.15) is 5.82 Å². The van der Waals surface area contributed by atoms with Crippen molar-refractivity contribution in [2.75, 3.05) is 19.0 Å². The molecule has 0 atom stereocenters. The summed E-state index contributed by atoms with van der Waals surface area (Å²) in [5.41, 5.74) is 0.322. The first-order chi connectivity index (χ1) is 12.3. The number of rotatable bonds is 6. The third-order valence-corrected chi connectivity index (χ3v) is 3.45. The molecular weight excluding hydrogens is 345 g/mol. The maximum atomic E-state index is 13.7. The molecule has 0 saturated heterocycles. The Morgan fingerprint density at radius 3 is 2.58 bits per heavy atom. The van der Waals surface area contributed by atoms with E-state index in [-0.39, 0.29) is 22.7 Å². The number of anilines is 1. The molecule has 26 heavy (non-hydrogen) atoms. The fourth-order valence-electron chi connectivity index (χ4n) is 2.15. The number of hydrogen-bond acceptors (Lipinski definition) is 5. The summed E-state index contributed by atoms with van der Waals surface area (Å²) >= 11 is 0. The van der Waals surface area contributed by atoms with Gasteiger partial charge in [0.15, 0.2) is 5.75 Å². The summed E-state index contributed by atoms with van der Waals surface area (Å²) in [5, 5.41) is 15.6. The first kappa shape index (κ1) is 18.8. The molecule has 136 valence electrons. The first-order valence-electron chi connectivity index (χ1n) is 7.48. The number of nitrogens with one attached hydrogen (secondary N) is 2. The van der Waals surface area contributed by atoms with E-state index in [0.29, 0.717) is 5.56 Å². The van der Waals surface area contributed by atoms with Crippen molar-refractivity contribution in [3.63, 3.8) is 0 Å². The van der Waals surface area contributed by atoms with Crippen LogP contribution in [0.5, 0.6) is 5.75 Å². The summed E-state index contributed by atoms with van der Waals surface area (Å²) in [6, 6.07) is 7.98. The summed E-state index contributed by atoms with van der Waals surface area (Å²) in [7, 11) is 1.27. The van der Waals surface area contributed by atoms with Crippen LogP contribution in [0.4, 0.5) is 15.8 Å².